The molecule has 2 aromatic carbocycles. The number of rotatable bonds is 6. The summed E-state index contributed by atoms with van der Waals surface area (Å²) in [6.45, 7) is 4.07. The van der Waals surface area contributed by atoms with Gasteiger partial charge >= 0.3 is 6.09 Å². The Balaban J connectivity index is 1.33. The summed E-state index contributed by atoms with van der Waals surface area (Å²) >= 11 is 0. The van der Waals surface area contributed by atoms with Crippen LogP contribution in [0.3, 0.4) is 0 Å². The number of aliphatic hydroxyl groups is 1. The second kappa shape index (κ2) is 8.95. The number of hydrogen-bond donors (Lipinski definition) is 1. The number of benzene rings is 2. The molecule has 0 radical (unpaired) electrons. The molecule has 6 heteroatoms. The molecule has 1 fully saturated rings. The first-order valence-electron chi connectivity index (χ1n) is 10.2. The fraction of sp³-hybridized carbons (Fsp3) is 0.435. The first-order valence-corrected chi connectivity index (χ1v) is 10.2. The molecule has 0 saturated carbocycles. The number of nitrogens with zero attached hydrogens (tertiary/aromatic N) is 2. The molecule has 1 N–H and O–H groups in total. The minimum absolute atomic E-state index is 0.0398. The van der Waals surface area contributed by atoms with Gasteiger partial charge in [-0.15, -0.1) is 0 Å². The zero-order valence-corrected chi connectivity index (χ0v) is 16.8. The summed E-state index contributed by atoms with van der Waals surface area (Å²) in [5.41, 5.74) is 4.80. The Bertz CT molecular complexity index is 805. The highest BCUT2D eigenvalue weighted by Crippen LogP contribution is 2.44. The van der Waals surface area contributed by atoms with Crippen molar-refractivity contribution in [2.75, 3.05) is 53.0 Å². The van der Waals surface area contributed by atoms with Gasteiger partial charge in [-0.25, -0.2) is 4.79 Å². The topological polar surface area (TPSA) is 62.2 Å². The van der Waals surface area contributed by atoms with Crippen LogP contribution < -0.4 is 0 Å². The fourth-order valence-corrected chi connectivity index (χ4v) is 4.23. The molecule has 1 saturated heterocycles. The van der Waals surface area contributed by atoms with Crippen LogP contribution in [0.25, 0.3) is 11.1 Å². The number of ether oxygens (including phenoxy) is 2. The lowest BCUT2D eigenvalue weighted by molar-refractivity contribution is 0.00783. The van der Waals surface area contributed by atoms with Crippen LogP contribution in [0.15, 0.2) is 48.5 Å². The minimum Gasteiger partial charge on any atom is -0.448 e. The van der Waals surface area contributed by atoms with Crippen molar-refractivity contribution in [1.82, 2.24) is 9.80 Å². The first-order chi connectivity index (χ1) is 14.1. The highest BCUT2D eigenvalue weighted by atomic mass is 16.6. The Morgan fingerprint density at radius 2 is 1.72 bits per heavy atom. The first kappa shape index (κ1) is 19.9. The number of aliphatic hydroxyl groups excluding tert-OH is 1. The lowest BCUT2D eigenvalue weighted by Crippen LogP contribution is -2.45. The van der Waals surface area contributed by atoms with Gasteiger partial charge in [-0.3, -0.25) is 4.90 Å². The maximum atomic E-state index is 12.5. The number of morpholine rings is 1. The quantitative estimate of drug-likeness (QED) is 0.813. The summed E-state index contributed by atoms with van der Waals surface area (Å²) in [5, 5.41) is 10.3. The second-order valence-corrected chi connectivity index (χ2v) is 7.75. The van der Waals surface area contributed by atoms with E-state index in [9.17, 15) is 9.90 Å². The van der Waals surface area contributed by atoms with Crippen LogP contribution in [0.4, 0.5) is 4.79 Å². The maximum absolute atomic E-state index is 12.5. The summed E-state index contributed by atoms with van der Waals surface area (Å²) in [6, 6.07) is 16.5. The number of carbonyl (C=O) groups excluding carboxylic acids is 1. The minimum atomic E-state index is -0.612. The molecule has 1 heterocycles. The zero-order valence-electron chi connectivity index (χ0n) is 16.8. The summed E-state index contributed by atoms with van der Waals surface area (Å²) < 4.78 is 11.0. The Hall–Kier alpha value is -2.41. The van der Waals surface area contributed by atoms with Crippen molar-refractivity contribution < 1.29 is 19.4 Å². The van der Waals surface area contributed by atoms with Crippen molar-refractivity contribution in [2.24, 2.45) is 0 Å². The number of hydrogen-bond acceptors (Lipinski definition) is 5. The highest BCUT2D eigenvalue weighted by molar-refractivity contribution is 5.79. The summed E-state index contributed by atoms with van der Waals surface area (Å²) in [7, 11) is 1.67. The van der Waals surface area contributed by atoms with Crippen molar-refractivity contribution in [3.63, 3.8) is 0 Å². The molecule has 0 bridgehead atoms. The predicted octanol–water partition coefficient (Wildman–Crippen LogP) is 2.56. The van der Waals surface area contributed by atoms with Gasteiger partial charge in [0.1, 0.15) is 6.61 Å². The van der Waals surface area contributed by atoms with Gasteiger partial charge < -0.3 is 19.5 Å². The van der Waals surface area contributed by atoms with E-state index < -0.39 is 12.2 Å². The van der Waals surface area contributed by atoms with Gasteiger partial charge in [0, 0.05) is 32.6 Å². The van der Waals surface area contributed by atoms with Crippen LogP contribution in [0.2, 0.25) is 0 Å². The smallest absolute Gasteiger partial charge is 0.409 e. The Kier molecular flexibility index (Phi) is 6.13. The molecule has 1 aliphatic heterocycles. The molecule has 1 unspecified atom stereocenters. The third-order valence-corrected chi connectivity index (χ3v) is 5.70. The average Bonchev–Trinajstić information content (AvgIpc) is 3.06. The van der Waals surface area contributed by atoms with E-state index >= 15 is 0 Å². The molecular formula is C23H28N2O4. The molecule has 0 spiro atoms. The van der Waals surface area contributed by atoms with Gasteiger partial charge in [0.2, 0.25) is 0 Å². The summed E-state index contributed by atoms with van der Waals surface area (Å²) in [5.74, 6) is 0.0398. The molecule has 4 rings (SSSR count). The van der Waals surface area contributed by atoms with E-state index in [-0.39, 0.29) is 19.1 Å². The molecule has 1 aliphatic carbocycles. The van der Waals surface area contributed by atoms with E-state index in [2.05, 4.69) is 29.2 Å². The van der Waals surface area contributed by atoms with Gasteiger partial charge in [-0.1, -0.05) is 48.5 Å². The predicted molar refractivity (Wildman–Crippen MR) is 111 cm³/mol. The maximum Gasteiger partial charge on any atom is 0.409 e. The molecule has 154 valence electrons. The average molecular weight is 396 g/mol. The van der Waals surface area contributed by atoms with Crippen molar-refractivity contribution in [3.05, 3.63) is 59.7 Å². The van der Waals surface area contributed by atoms with Gasteiger partial charge in [-0.2, -0.15) is 0 Å². The highest BCUT2D eigenvalue weighted by Gasteiger charge is 2.29. The van der Waals surface area contributed by atoms with Crippen LogP contribution in [-0.4, -0.2) is 80.2 Å². The number of amides is 1. The van der Waals surface area contributed by atoms with E-state index in [1.807, 2.05) is 24.3 Å². The van der Waals surface area contributed by atoms with Crippen molar-refractivity contribution in [3.8, 4) is 11.1 Å². The van der Waals surface area contributed by atoms with E-state index in [0.717, 1.165) is 13.1 Å². The van der Waals surface area contributed by atoms with Crippen LogP contribution in [0.5, 0.6) is 0 Å². The second-order valence-electron chi connectivity index (χ2n) is 7.75. The summed E-state index contributed by atoms with van der Waals surface area (Å²) in [6.07, 6.45) is -1.02. The lowest BCUT2D eigenvalue weighted by Gasteiger charge is -2.30. The van der Waals surface area contributed by atoms with Crippen LogP contribution in [0.1, 0.15) is 17.0 Å². The normalized spacial score (nSPS) is 17.4. The van der Waals surface area contributed by atoms with Crippen LogP contribution >= 0.6 is 0 Å². The van der Waals surface area contributed by atoms with E-state index in [4.69, 9.17) is 9.47 Å². The molecule has 1 amide bonds. The number of carbonyl (C=O) groups is 1. The molecule has 29 heavy (non-hydrogen) atoms. The van der Waals surface area contributed by atoms with Crippen molar-refractivity contribution >= 4 is 6.09 Å². The van der Waals surface area contributed by atoms with Crippen LogP contribution in [-0.2, 0) is 9.47 Å². The Labute approximate surface area is 171 Å². The molecule has 2 aromatic rings. The van der Waals surface area contributed by atoms with Crippen LogP contribution in [0, 0.1) is 0 Å². The monoisotopic (exact) mass is 396 g/mol. The Morgan fingerprint density at radius 3 is 2.34 bits per heavy atom. The SMILES string of the molecule is CN(CC(O)CN1CCOCC1)C(=O)OCC1c2ccccc2-c2ccccc21. The number of fused-ring (bicyclic) bond motifs is 3. The third kappa shape index (κ3) is 4.45. The van der Waals surface area contributed by atoms with Gasteiger partial charge in [0.25, 0.3) is 0 Å². The Morgan fingerprint density at radius 1 is 1.14 bits per heavy atom. The largest absolute Gasteiger partial charge is 0.448 e. The molecular weight excluding hydrogens is 368 g/mol. The number of likely N-dealkylation sites (N-methyl/N-ethyl adjacent to an activating group) is 1. The van der Waals surface area contributed by atoms with Gasteiger partial charge in [-0.05, 0) is 22.3 Å². The standard InChI is InChI=1S/C23H28N2O4/c1-24(14-17(26)15-25-10-12-28-13-11-25)23(27)29-16-22-20-8-4-2-6-18(20)19-7-3-5-9-21(19)22/h2-9,17,22,26H,10-16H2,1H3. The fourth-order valence-electron chi connectivity index (χ4n) is 4.23. The lowest BCUT2D eigenvalue weighted by atomic mass is 9.98. The molecule has 0 aromatic heterocycles. The van der Waals surface area contributed by atoms with E-state index in [1.54, 1.807) is 7.05 Å². The van der Waals surface area contributed by atoms with Crippen molar-refractivity contribution in [1.29, 1.82) is 0 Å². The van der Waals surface area contributed by atoms with E-state index in [1.165, 1.54) is 27.2 Å². The van der Waals surface area contributed by atoms with E-state index in [0.29, 0.717) is 19.8 Å². The third-order valence-electron chi connectivity index (χ3n) is 5.70. The molecule has 6 nitrogen and oxygen atoms in total. The van der Waals surface area contributed by atoms with Crippen molar-refractivity contribution in [2.45, 2.75) is 12.0 Å². The van der Waals surface area contributed by atoms with Gasteiger partial charge in [0.15, 0.2) is 0 Å². The number of β-amino-alcohol motifs (C(OH)–C–C–N with tert-alkyl or cyclic N) is 1. The van der Waals surface area contributed by atoms with Gasteiger partial charge in [0.05, 0.1) is 25.9 Å². The molecule has 2 aliphatic rings. The summed E-state index contributed by atoms with van der Waals surface area (Å²) in [4.78, 5) is 16.1. The zero-order chi connectivity index (χ0) is 20.2. The molecule has 1 atom stereocenters.